The Morgan fingerprint density at radius 2 is 1.86 bits per heavy atom. The van der Waals surface area contributed by atoms with Gasteiger partial charge in [-0.2, -0.15) is 0 Å². The van der Waals surface area contributed by atoms with E-state index in [-0.39, 0.29) is 0 Å². The molecule has 0 heterocycles. The number of rotatable bonds is 1. The molecule has 0 unspecified atom stereocenters. The standard InChI is InChI=1S/C5H8Br2/c6-5(7)4-2-1-3-4/h4-5H,1-3H2. The lowest BCUT2D eigenvalue weighted by molar-refractivity contribution is 0.346. The van der Waals surface area contributed by atoms with Crippen LogP contribution in [-0.4, -0.2) is 3.74 Å². The SMILES string of the molecule is BrC(Br)C1CCC1. The van der Waals surface area contributed by atoms with Crippen LogP contribution in [0, 0.1) is 5.92 Å². The molecule has 7 heavy (non-hydrogen) atoms. The molecular weight excluding hydrogens is 220 g/mol. The summed E-state index contributed by atoms with van der Waals surface area (Å²) in [5.74, 6) is 0.917. The minimum atomic E-state index is 0.578. The van der Waals surface area contributed by atoms with E-state index in [0.29, 0.717) is 3.74 Å². The molecule has 1 fully saturated rings. The van der Waals surface area contributed by atoms with Crippen molar-refractivity contribution in [3.05, 3.63) is 0 Å². The second-order valence-electron chi connectivity index (χ2n) is 2.03. The summed E-state index contributed by atoms with van der Waals surface area (Å²) in [6.45, 7) is 0. The predicted molar refractivity (Wildman–Crippen MR) is 39.0 cm³/mol. The number of halogens is 2. The molecule has 0 N–H and O–H groups in total. The molecule has 0 aromatic carbocycles. The van der Waals surface area contributed by atoms with Crippen molar-refractivity contribution >= 4 is 31.9 Å². The molecule has 2 heteroatoms. The van der Waals surface area contributed by atoms with E-state index < -0.39 is 0 Å². The maximum absolute atomic E-state index is 3.47. The molecule has 1 saturated carbocycles. The van der Waals surface area contributed by atoms with Gasteiger partial charge in [-0.1, -0.05) is 38.3 Å². The first-order valence-electron chi connectivity index (χ1n) is 2.59. The topological polar surface area (TPSA) is 0 Å². The zero-order valence-corrected chi connectivity index (χ0v) is 7.20. The maximum Gasteiger partial charge on any atom is 0.0726 e. The third-order valence-corrected chi connectivity index (χ3v) is 3.00. The molecule has 0 amide bonds. The zero-order valence-electron chi connectivity index (χ0n) is 4.03. The van der Waals surface area contributed by atoms with Crippen molar-refractivity contribution in [2.24, 2.45) is 5.92 Å². The summed E-state index contributed by atoms with van der Waals surface area (Å²) in [5, 5.41) is 0. The van der Waals surface area contributed by atoms with Gasteiger partial charge in [0, 0.05) is 0 Å². The van der Waals surface area contributed by atoms with Gasteiger partial charge in [0.2, 0.25) is 0 Å². The van der Waals surface area contributed by atoms with Crippen LogP contribution in [0.5, 0.6) is 0 Å². The molecule has 0 aromatic heterocycles. The van der Waals surface area contributed by atoms with Crippen LogP contribution in [0.3, 0.4) is 0 Å². The highest BCUT2D eigenvalue weighted by molar-refractivity contribution is 9.24. The van der Waals surface area contributed by atoms with Gasteiger partial charge in [0.1, 0.15) is 0 Å². The molecule has 42 valence electrons. The lowest BCUT2D eigenvalue weighted by Gasteiger charge is -2.26. The van der Waals surface area contributed by atoms with Crippen LogP contribution in [0.1, 0.15) is 19.3 Å². The van der Waals surface area contributed by atoms with Crippen LogP contribution in [0.15, 0.2) is 0 Å². The van der Waals surface area contributed by atoms with E-state index in [1.807, 2.05) is 0 Å². The van der Waals surface area contributed by atoms with E-state index in [1.54, 1.807) is 0 Å². The first kappa shape index (κ1) is 6.09. The second-order valence-corrected chi connectivity index (χ2v) is 5.23. The van der Waals surface area contributed by atoms with Crippen LogP contribution in [0.4, 0.5) is 0 Å². The van der Waals surface area contributed by atoms with Gasteiger partial charge in [-0.15, -0.1) is 0 Å². The van der Waals surface area contributed by atoms with Crippen LogP contribution in [0.2, 0.25) is 0 Å². The molecule has 1 rings (SSSR count). The monoisotopic (exact) mass is 226 g/mol. The number of hydrogen-bond donors (Lipinski definition) is 0. The molecule has 1 aliphatic carbocycles. The summed E-state index contributed by atoms with van der Waals surface area (Å²) in [5.41, 5.74) is 0. The van der Waals surface area contributed by atoms with Crippen molar-refractivity contribution in [1.29, 1.82) is 0 Å². The van der Waals surface area contributed by atoms with Crippen molar-refractivity contribution in [2.75, 3.05) is 0 Å². The normalized spacial score (nSPS) is 22.7. The Bertz CT molecular complexity index is 57.1. The Labute approximate surface area is 60.9 Å². The number of hydrogen-bond acceptors (Lipinski definition) is 0. The van der Waals surface area contributed by atoms with Crippen molar-refractivity contribution in [1.82, 2.24) is 0 Å². The third-order valence-electron chi connectivity index (χ3n) is 1.51. The van der Waals surface area contributed by atoms with Crippen molar-refractivity contribution in [3.8, 4) is 0 Å². The van der Waals surface area contributed by atoms with Crippen molar-refractivity contribution in [2.45, 2.75) is 23.0 Å². The van der Waals surface area contributed by atoms with Gasteiger partial charge in [-0.25, -0.2) is 0 Å². The van der Waals surface area contributed by atoms with E-state index in [9.17, 15) is 0 Å². The minimum Gasteiger partial charge on any atom is -0.0762 e. The average molecular weight is 228 g/mol. The summed E-state index contributed by atoms with van der Waals surface area (Å²) >= 11 is 6.94. The van der Waals surface area contributed by atoms with Crippen LogP contribution in [-0.2, 0) is 0 Å². The summed E-state index contributed by atoms with van der Waals surface area (Å²) in [7, 11) is 0. The largest absolute Gasteiger partial charge is 0.0762 e. The minimum absolute atomic E-state index is 0.578. The molecule has 0 saturated heterocycles. The highest BCUT2D eigenvalue weighted by atomic mass is 79.9. The lowest BCUT2D eigenvalue weighted by Crippen LogP contribution is -2.16. The molecule has 0 spiro atoms. The smallest absolute Gasteiger partial charge is 0.0726 e. The highest BCUT2D eigenvalue weighted by Gasteiger charge is 2.22. The third kappa shape index (κ3) is 1.43. The van der Waals surface area contributed by atoms with Crippen LogP contribution in [0.25, 0.3) is 0 Å². The van der Waals surface area contributed by atoms with Gasteiger partial charge >= 0.3 is 0 Å². The Morgan fingerprint density at radius 1 is 1.29 bits per heavy atom. The molecule has 0 aromatic rings. The van der Waals surface area contributed by atoms with E-state index in [4.69, 9.17) is 0 Å². The predicted octanol–water partition coefficient (Wildman–Crippen LogP) is 2.90. The first-order valence-corrected chi connectivity index (χ1v) is 4.42. The van der Waals surface area contributed by atoms with Crippen molar-refractivity contribution in [3.63, 3.8) is 0 Å². The van der Waals surface area contributed by atoms with Gasteiger partial charge < -0.3 is 0 Å². The number of alkyl halides is 2. The Morgan fingerprint density at radius 3 is 1.86 bits per heavy atom. The molecule has 1 aliphatic rings. The summed E-state index contributed by atoms with van der Waals surface area (Å²) in [4.78, 5) is 0. The van der Waals surface area contributed by atoms with E-state index in [0.717, 1.165) is 5.92 Å². The van der Waals surface area contributed by atoms with E-state index in [1.165, 1.54) is 19.3 Å². The molecule has 0 aliphatic heterocycles. The fraction of sp³-hybridized carbons (Fsp3) is 1.00. The van der Waals surface area contributed by atoms with Crippen molar-refractivity contribution < 1.29 is 0 Å². The fourth-order valence-corrected chi connectivity index (χ4v) is 1.75. The zero-order chi connectivity index (χ0) is 5.28. The highest BCUT2D eigenvalue weighted by Crippen LogP contribution is 2.35. The Balaban J connectivity index is 2.14. The molecule has 0 radical (unpaired) electrons. The Hall–Kier alpha value is 0.960. The summed E-state index contributed by atoms with van der Waals surface area (Å²) in [6, 6.07) is 0. The van der Waals surface area contributed by atoms with Gasteiger partial charge in [0.15, 0.2) is 0 Å². The molecule has 0 atom stereocenters. The summed E-state index contributed by atoms with van der Waals surface area (Å²) < 4.78 is 0.578. The lowest BCUT2D eigenvalue weighted by atomic mass is 9.87. The molecular formula is C5H8Br2. The average Bonchev–Trinajstić information content (AvgIpc) is 1.23. The van der Waals surface area contributed by atoms with Gasteiger partial charge in [0.25, 0.3) is 0 Å². The van der Waals surface area contributed by atoms with Crippen LogP contribution >= 0.6 is 31.9 Å². The Kier molecular flexibility index (Phi) is 2.17. The van der Waals surface area contributed by atoms with Gasteiger partial charge in [0.05, 0.1) is 3.74 Å². The molecule has 0 bridgehead atoms. The van der Waals surface area contributed by atoms with Gasteiger partial charge in [-0.05, 0) is 18.8 Å². The molecule has 0 nitrogen and oxygen atoms in total. The van der Waals surface area contributed by atoms with E-state index >= 15 is 0 Å². The first-order chi connectivity index (χ1) is 3.30. The van der Waals surface area contributed by atoms with Crippen LogP contribution < -0.4 is 0 Å². The fourth-order valence-electron chi connectivity index (χ4n) is 0.692. The quantitative estimate of drug-likeness (QED) is 0.605. The van der Waals surface area contributed by atoms with E-state index in [2.05, 4.69) is 31.9 Å². The maximum atomic E-state index is 3.47. The summed E-state index contributed by atoms with van der Waals surface area (Å²) in [6.07, 6.45) is 4.24. The van der Waals surface area contributed by atoms with Gasteiger partial charge in [-0.3, -0.25) is 0 Å². The second kappa shape index (κ2) is 2.49.